The standard InChI is InChI=1S/C23H25ClN4O4S/c1-16-21(23(30)28(26(16)2)19-8-4-3-5-9-19)25-22(29)17-7-6-14-27(15-17)33(31,32)20-12-10-18(24)11-13-20/h3-5,8-13,17H,6-7,14-15H2,1-2H3,(H,25,29)/t17-/m0/s1. The lowest BCUT2D eigenvalue weighted by Crippen LogP contribution is -2.44. The van der Waals surface area contributed by atoms with E-state index in [0.717, 1.165) is 0 Å². The maximum Gasteiger partial charge on any atom is 0.295 e. The molecule has 0 bridgehead atoms. The van der Waals surface area contributed by atoms with Gasteiger partial charge in [-0.15, -0.1) is 0 Å². The van der Waals surface area contributed by atoms with Crippen molar-refractivity contribution in [1.82, 2.24) is 13.7 Å². The first-order valence-corrected chi connectivity index (χ1v) is 12.4. The predicted molar refractivity (Wildman–Crippen MR) is 127 cm³/mol. The van der Waals surface area contributed by atoms with Crippen LogP contribution in [0.25, 0.3) is 5.69 Å². The minimum absolute atomic E-state index is 0.0511. The van der Waals surface area contributed by atoms with Crippen LogP contribution in [0, 0.1) is 12.8 Å². The Morgan fingerprint density at radius 3 is 2.42 bits per heavy atom. The Labute approximate surface area is 197 Å². The predicted octanol–water partition coefficient (Wildman–Crippen LogP) is 3.18. The van der Waals surface area contributed by atoms with Gasteiger partial charge in [-0.3, -0.25) is 14.3 Å². The molecule has 174 valence electrons. The highest BCUT2D eigenvalue weighted by Gasteiger charge is 2.34. The summed E-state index contributed by atoms with van der Waals surface area (Å²) in [5, 5.41) is 3.21. The molecule has 1 N–H and O–H groups in total. The molecule has 2 aromatic carbocycles. The number of nitrogens with zero attached hydrogens (tertiary/aromatic N) is 3. The van der Waals surface area contributed by atoms with Gasteiger partial charge in [-0.25, -0.2) is 13.1 Å². The van der Waals surface area contributed by atoms with Gasteiger partial charge < -0.3 is 5.32 Å². The number of hydrogen-bond acceptors (Lipinski definition) is 4. The number of para-hydroxylation sites is 1. The van der Waals surface area contributed by atoms with Gasteiger partial charge in [-0.1, -0.05) is 29.8 Å². The molecule has 0 unspecified atom stereocenters. The van der Waals surface area contributed by atoms with Crippen LogP contribution in [0.5, 0.6) is 0 Å². The lowest BCUT2D eigenvalue weighted by molar-refractivity contribution is -0.120. The molecule has 1 aliphatic rings. The molecule has 2 heterocycles. The molecule has 1 fully saturated rings. The van der Waals surface area contributed by atoms with Crippen LogP contribution in [0.1, 0.15) is 18.5 Å². The number of rotatable bonds is 5. The third kappa shape index (κ3) is 4.48. The first-order chi connectivity index (χ1) is 15.7. The van der Waals surface area contributed by atoms with Crippen LogP contribution in [0.2, 0.25) is 5.02 Å². The van der Waals surface area contributed by atoms with Crippen molar-refractivity contribution < 1.29 is 13.2 Å². The first-order valence-electron chi connectivity index (χ1n) is 10.6. The van der Waals surface area contributed by atoms with Gasteiger partial charge in [0, 0.05) is 25.2 Å². The van der Waals surface area contributed by atoms with Gasteiger partial charge in [0.05, 0.1) is 22.2 Å². The van der Waals surface area contributed by atoms with Crippen LogP contribution in [0.3, 0.4) is 0 Å². The Balaban J connectivity index is 1.55. The number of hydrogen-bond donors (Lipinski definition) is 1. The summed E-state index contributed by atoms with van der Waals surface area (Å²) >= 11 is 5.88. The van der Waals surface area contributed by atoms with Gasteiger partial charge in [0.1, 0.15) is 5.69 Å². The summed E-state index contributed by atoms with van der Waals surface area (Å²) < 4.78 is 30.6. The van der Waals surface area contributed by atoms with Gasteiger partial charge >= 0.3 is 0 Å². The molecule has 0 saturated carbocycles. The average molecular weight is 489 g/mol. The van der Waals surface area contributed by atoms with Gasteiger partial charge in [-0.05, 0) is 56.2 Å². The molecule has 1 atom stereocenters. The van der Waals surface area contributed by atoms with Gasteiger partial charge in [0.2, 0.25) is 15.9 Å². The summed E-state index contributed by atoms with van der Waals surface area (Å²) in [6.45, 7) is 2.14. The molecule has 1 aromatic heterocycles. The van der Waals surface area contributed by atoms with Crippen LogP contribution in [0.15, 0.2) is 64.3 Å². The van der Waals surface area contributed by atoms with E-state index in [1.165, 1.54) is 33.3 Å². The lowest BCUT2D eigenvalue weighted by Gasteiger charge is -2.31. The molecule has 10 heteroatoms. The Kier molecular flexibility index (Phi) is 6.47. The zero-order valence-corrected chi connectivity index (χ0v) is 19.9. The van der Waals surface area contributed by atoms with E-state index in [1.54, 1.807) is 18.7 Å². The highest BCUT2D eigenvalue weighted by molar-refractivity contribution is 7.89. The summed E-state index contributed by atoms with van der Waals surface area (Å²) in [4.78, 5) is 26.3. The monoisotopic (exact) mass is 488 g/mol. The molecular weight excluding hydrogens is 464 g/mol. The van der Waals surface area contributed by atoms with Gasteiger partial charge in [0.25, 0.3) is 5.56 Å². The molecule has 33 heavy (non-hydrogen) atoms. The number of sulfonamides is 1. The summed E-state index contributed by atoms with van der Waals surface area (Å²) in [7, 11) is -2.00. The van der Waals surface area contributed by atoms with E-state index >= 15 is 0 Å². The van der Waals surface area contributed by atoms with Crippen LogP contribution >= 0.6 is 11.6 Å². The number of amides is 1. The van der Waals surface area contributed by atoms with Crippen molar-refractivity contribution in [2.75, 3.05) is 18.4 Å². The fourth-order valence-corrected chi connectivity index (χ4v) is 5.72. The summed E-state index contributed by atoms with van der Waals surface area (Å²) in [5.74, 6) is -0.929. The zero-order chi connectivity index (χ0) is 23.8. The number of aromatic nitrogens is 2. The highest BCUT2D eigenvalue weighted by Crippen LogP contribution is 2.26. The molecule has 1 aliphatic heterocycles. The number of benzene rings is 2. The van der Waals surface area contributed by atoms with E-state index in [-0.39, 0.29) is 28.6 Å². The van der Waals surface area contributed by atoms with Crippen molar-refractivity contribution in [2.24, 2.45) is 13.0 Å². The fraction of sp³-hybridized carbons (Fsp3) is 0.304. The van der Waals surface area contributed by atoms with Crippen LogP contribution in [-0.4, -0.2) is 41.1 Å². The molecule has 0 spiro atoms. The Hall–Kier alpha value is -2.88. The molecule has 0 radical (unpaired) electrons. The number of halogens is 1. The van der Waals surface area contributed by atoms with Crippen molar-refractivity contribution in [3.63, 3.8) is 0 Å². The van der Waals surface area contributed by atoms with Crippen LogP contribution in [0.4, 0.5) is 5.69 Å². The topological polar surface area (TPSA) is 93.4 Å². The van der Waals surface area contributed by atoms with Gasteiger partial charge in [-0.2, -0.15) is 4.31 Å². The van der Waals surface area contributed by atoms with E-state index in [2.05, 4.69) is 5.32 Å². The van der Waals surface area contributed by atoms with E-state index in [0.29, 0.717) is 35.8 Å². The first kappa shape index (κ1) is 23.3. The van der Waals surface area contributed by atoms with E-state index in [9.17, 15) is 18.0 Å². The van der Waals surface area contributed by atoms with Crippen LogP contribution < -0.4 is 10.9 Å². The lowest BCUT2D eigenvalue weighted by atomic mass is 9.99. The van der Waals surface area contributed by atoms with Crippen molar-refractivity contribution in [1.29, 1.82) is 0 Å². The zero-order valence-electron chi connectivity index (χ0n) is 18.4. The van der Waals surface area contributed by atoms with E-state index < -0.39 is 15.9 Å². The second-order valence-corrected chi connectivity index (χ2v) is 10.5. The molecule has 1 amide bonds. The Bertz CT molecular complexity index is 1330. The number of carbonyl (C=O) groups is 1. The van der Waals surface area contributed by atoms with Crippen molar-refractivity contribution in [3.05, 3.63) is 75.7 Å². The van der Waals surface area contributed by atoms with E-state index in [4.69, 9.17) is 11.6 Å². The van der Waals surface area contributed by atoms with Gasteiger partial charge in [0.15, 0.2) is 0 Å². The maximum atomic E-state index is 13.1. The largest absolute Gasteiger partial charge is 0.320 e. The fourth-order valence-electron chi connectivity index (χ4n) is 4.07. The highest BCUT2D eigenvalue weighted by atomic mass is 35.5. The van der Waals surface area contributed by atoms with Crippen molar-refractivity contribution >= 4 is 33.2 Å². The molecular formula is C23H25ClN4O4S. The average Bonchev–Trinajstić information content (AvgIpc) is 3.03. The molecule has 8 nitrogen and oxygen atoms in total. The second kappa shape index (κ2) is 9.17. The molecule has 3 aromatic rings. The molecule has 4 rings (SSSR count). The number of nitrogens with one attached hydrogen (secondary N) is 1. The number of anilines is 1. The molecule has 1 saturated heterocycles. The molecule has 0 aliphatic carbocycles. The number of carbonyl (C=O) groups excluding carboxylic acids is 1. The Morgan fingerprint density at radius 2 is 1.76 bits per heavy atom. The van der Waals surface area contributed by atoms with Crippen LogP contribution in [-0.2, 0) is 21.9 Å². The SMILES string of the molecule is Cc1c(NC(=O)[C@H]2CCCN(S(=O)(=O)c3ccc(Cl)cc3)C2)c(=O)n(-c2ccccc2)n1C. The van der Waals surface area contributed by atoms with Crippen molar-refractivity contribution in [3.8, 4) is 5.69 Å². The minimum atomic E-state index is -3.75. The third-order valence-electron chi connectivity index (χ3n) is 6.01. The summed E-state index contributed by atoms with van der Waals surface area (Å²) in [6, 6.07) is 15.1. The minimum Gasteiger partial charge on any atom is -0.320 e. The quantitative estimate of drug-likeness (QED) is 0.597. The smallest absolute Gasteiger partial charge is 0.295 e. The Morgan fingerprint density at radius 1 is 1.09 bits per heavy atom. The second-order valence-electron chi connectivity index (χ2n) is 8.08. The summed E-state index contributed by atoms with van der Waals surface area (Å²) in [5.41, 5.74) is 1.16. The normalized spacial score (nSPS) is 17.1. The maximum absolute atomic E-state index is 13.1. The third-order valence-corrected chi connectivity index (χ3v) is 8.14. The van der Waals surface area contributed by atoms with Crippen molar-refractivity contribution in [2.45, 2.75) is 24.7 Å². The van der Waals surface area contributed by atoms with E-state index in [1.807, 2.05) is 30.3 Å². The summed E-state index contributed by atoms with van der Waals surface area (Å²) in [6.07, 6.45) is 1.09. The number of piperidine rings is 1.